The second-order valence-electron chi connectivity index (χ2n) is 7.07. The molecule has 1 saturated heterocycles. The van der Waals surface area contributed by atoms with Crippen LogP contribution in [0.1, 0.15) is 32.6 Å². The zero-order chi connectivity index (χ0) is 19.4. The number of carbonyl (C=O) groups is 2. The molecule has 0 spiro atoms. The van der Waals surface area contributed by atoms with E-state index in [1.165, 1.54) is 16.2 Å². The lowest BCUT2D eigenvalue weighted by atomic mass is 9.77. The Hall–Kier alpha value is -2.54. The molecular formula is C17H21FN6O2S. The standard InChI is InChI=1S/C17H21FN6O2S/c1-17(15(26)22-16-23-21-10-27-16)4-2-12(3-5-17)20-8-14(25)24-9-11(18)6-13(24)7-19/h2,10-11,13,20H,3-6,8-9H2,1H3,(H,22,23,26)/t11-,13-,17?/m0/s1. The maximum Gasteiger partial charge on any atom is 0.243 e. The lowest BCUT2D eigenvalue weighted by molar-refractivity contribution is -0.130. The predicted octanol–water partition coefficient (Wildman–Crippen LogP) is 1.60. The Labute approximate surface area is 160 Å². The molecule has 0 aromatic carbocycles. The summed E-state index contributed by atoms with van der Waals surface area (Å²) in [5, 5.41) is 22.9. The van der Waals surface area contributed by atoms with Crippen LogP contribution < -0.4 is 10.6 Å². The monoisotopic (exact) mass is 392 g/mol. The van der Waals surface area contributed by atoms with Crippen LogP contribution in [0, 0.1) is 16.7 Å². The fraction of sp³-hybridized carbons (Fsp3) is 0.588. The maximum absolute atomic E-state index is 13.4. The van der Waals surface area contributed by atoms with Crippen LogP contribution in [0.3, 0.4) is 0 Å². The molecule has 27 heavy (non-hydrogen) atoms. The molecule has 1 unspecified atom stereocenters. The van der Waals surface area contributed by atoms with Crippen molar-refractivity contribution in [1.29, 1.82) is 5.26 Å². The average Bonchev–Trinajstić information content (AvgIpc) is 3.30. The highest BCUT2D eigenvalue weighted by atomic mass is 32.1. The third-order valence-corrected chi connectivity index (χ3v) is 5.67. The number of allylic oxidation sites excluding steroid dienone is 2. The van der Waals surface area contributed by atoms with E-state index < -0.39 is 17.6 Å². The van der Waals surface area contributed by atoms with Crippen LogP contribution in [0.4, 0.5) is 9.52 Å². The van der Waals surface area contributed by atoms with Gasteiger partial charge in [-0.3, -0.25) is 9.59 Å². The topological polar surface area (TPSA) is 111 Å². The largest absolute Gasteiger partial charge is 0.380 e. The summed E-state index contributed by atoms with van der Waals surface area (Å²) in [4.78, 5) is 26.0. The van der Waals surface area contributed by atoms with Crippen LogP contribution >= 0.6 is 11.3 Å². The summed E-state index contributed by atoms with van der Waals surface area (Å²) in [6, 6.07) is 1.28. The van der Waals surface area contributed by atoms with E-state index in [1.807, 2.05) is 19.1 Å². The summed E-state index contributed by atoms with van der Waals surface area (Å²) in [5.41, 5.74) is 1.89. The molecule has 0 bridgehead atoms. The Morgan fingerprint density at radius 3 is 3.00 bits per heavy atom. The Balaban J connectivity index is 1.51. The summed E-state index contributed by atoms with van der Waals surface area (Å²) < 4.78 is 13.4. The molecule has 0 saturated carbocycles. The number of rotatable bonds is 5. The molecule has 2 heterocycles. The average molecular weight is 392 g/mol. The quantitative estimate of drug-likeness (QED) is 0.787. The molecule has 1 aromatic rings. The van der Waals surface area contributed by atoms with Crippen LogP contribution in [0.25, 0.3) is 0 Å². The third kappa shape index (κ3) is 4.42. The molecule has 10 heteroatoms. The van der Waals surface area contributed by atoms with Crippen LogP contribution in [0.5, 0.6) is 0 Å². The van der Waals surface area contributed by atoms with Crippen LogP contribution in [0.2, 0.25) is 0 Å². The molecule has 2 aliphatic rings. The van der Waals surface area contributed by atoms with E-state index in [1.54, 1.807) is 5.51 Å². The normalized spacial score (nSPS) is 27.6. The van der Waals surface area contributed by atoms with Crippen LogP contribution in [0.15, 0.2) is 17.3 Å². The molecule has 2 N–H and O–H groups in total. The number of anilines is 1. The lowest BCUT2D eigenvalue weighted by Crippen LogP contribution is -2.41. The highest BCUT2D eigenvalue weighted by molar-refractivity contribution is 7.13. The number of likely N-dealkylation sites (tertiary alicyclic amines) is 1. The van der Waals surface area contributed by atoms with Crippen molar-refractivity contribution < 1.29 is 14.0 Å². The van der Waals surface area contributed by atoms with Gasteiger partial charge >= 0.3 is 0 Å². The predicted molar refractivity (Wildman–Crippen MR) is 97.2 cm³/mol. The van der Waals surface area contributed by atoms with Crippen molar-refractivity contribution in [2.24, 2.45) is 5.41 Å². The number of alkyl halides is 1. The number of hydrogen-bond acceptors (Lipinski definition) is 7. The fourth-order valence-corrected chi connectivity index (χ4v) is 3.72. The molecule has 2 amide bonds. The first-order valence-corrected chi connectivity index (χ1v) is 9.63. The van der Waals surface area contributed by atoms with Gasteiger partial charge in [-0.15, -0.1) is 10.2 Å². The van der Waals surface area contributed by atoms with Gasteiger partial charge in [-0.05, 0) is 19.3 Å². The SMILES string of the molecule is CC1(C(=O)Nc2nncs2)CC=C(NCC(=O)N2C[C@@H](F)C[C@H]2C#N)CC1. The van der Waals surface area contributed by atoms with E-state index in [0.717, 1.165) is 5.70 Å². The minimum atomic E-state index is -1.14. The highest BCUT2D eigenvalue weighted by Crippen LogP contribution is 2.35. The van der Waals surface area contributed by atoms with Gasteiger partial charge in [0.05, 0.1) is 24.6 Å². The number of halogens is 1. The van der Waals surface area contributed by atoms with Gasteiger partial charge in [-0.2, -0.15) is 5.26 Å². The van der Waals surface area contributed by atoms with Gasteiger partial charge in [0.1, 0.15) is 17.7 Å². The summed E-state index contributed by atoms with van der Waals surface area (Å²) >= 11 is 1.27. The van der Waals surface area contributed by atoms with E-state index in [4.69, 9.17) is 5.26 Å². The molecule has 1 aromatic heterocycles. The van der Waals surface area contributed by atoms with Crippen molar-refractivity contribution in [3.05, 3.63) is 17.3 Å². The van der Waals surface area contributed by atoms with Gasteiger partial charge in [-0.1, -0.05) is 24.3 Å². The second-order valence-corrected chi connectivity index (χ2v) is 7.90. The van der Waals surface area contributed by atoms with Crippen molar-refractivity contribution in [3.63, 3.8) is 0 Å². The van der Waals surface area contributed by atoms with E-state index in [9.17, 15) is 14.0 Å². The van der Waals surface area contributed by atoms with Crippen LogP contribution in [-0.2, 0) is 9.59 Å². The van der Waals surface area contributed by atoms with E-state index in [-0.39, 0.29) is 31.3 Å². The van der Waals surface area contributed by atoms with Gasteiger partial charge in [0.25, 0.3) is 0 Å². The summed E-state index contributed by atoms with van der Waals surface area (Å²) in [5.74, 6) is -0.390. The smallest absolute Gasteiger partial charge is 0.243 e. The Morgan fingerprint density at radius 2 is 2.37 bits per heavy atom. The Kier molecular flexibility index (Phi) is 5.70. The van der Waals surface area contributed by atoms with Crippen molar-refractivity contribution >= 4 is 28.3 Å². The first kappa shape index (κ1) is 19.2. The number of aromatic nitrogens is 2. The van der Waals surface area contributed by atoms with Gasteiger partial charge < -0.3 is 15.5 Å². The third-order valence-electron chi connectivity index (χ3n) is 5.06. The van der Waals surface area contributed by atoms with E-state index in [0.29, 0.717) is 24.4 Å². The molecule has 1 aliphatic carbocycles. The molecule has 0 radical (unpaired) electrons. The van der Waals surface area contributed by atoms with Crippen molar-refractivity contribution in [2.75, 3.05) is 18.4 Å². The van der Waals surface area contributed by atoms with Gasteiger partial charge in [0, 0.05) is 12.1 Å². The molecule has 144 valence electrons. The number of hydrogen-bond donors (Lipinski definition) is 2. The molecular weight excluding hydrogens is 371 g/mol. The summed E-state index contributed by atoms with van der Waals surface area (Å²) in [6.07, 6.45) is 2.64. The fourth-order valence-electron chi connectivity index (χ4n) is 3.28. The summed E-state index contributed by atoms with van der Waals surface area (Å²) in [6.45, 7) is 1.89. The zero-order valence-corrected chi connectivity index (χ0v) is 15.8. The van der Waals surface area contributed by atoms with E-state index >= 15 is 0 Å². The number of nitriles is 1. The minimum Gasteiger partial charge on any atom is -0.380 e. The Morgan fingerprint density at radius 1 is 1.56 bits per heavy atom. The Bertz CT molecular complexity index is 777. The molecule has 1 aliphatic heterocycles. The number of carbonyl (C=O) groups excluding carboxylic acids is 2. The number of amides is 2. The summed E-state index contributed by atoms with van der Waals surface area (Å²) in [7, 11) is 0. The first-order valence-electron chi connectivity index (χ1n) is 8.75. The van der Waals surface area contributed by atoms with Gasteiger partial charge in [-0.25, -0.2) is 4.39 Å². The van der Waals surface area contributed by atoms with Crippen molar-refractivity contribution in [1.82, 2.24) is 20.4 Å². The van der Waals surface area contributed by atoms with Crippen molar-refractivity contribution in [2.45, 2.75) is 44.8 Å². The number of nitrogens with one attached hydrogen (secondary N) is 2. The molecule has 3 atom stereocenters. The molecule has 8 nitrogen and oxygen atoms in total. The highest BCUT2D eigenvalue weighted by Gasteiger charge is 2.37. The first-order chi connectivity index (χ1) is 12.9. The second kappa shape index (κ2) is 8.00. The molecule has 1 fully saturated rings. The van der Waals surface area contributed by atoms with E-state index in [2.05, 4.69) is 20.8 Å². The lowest BCUT2D eigenvalue weighted by Gasteiger charge is -2.31. The minimum absolute atomic E-state index is 0.0183. The number of nitrogens with zero attached hydrogens (tertiary/aromatic N) is 4. The zero-order valence-electron chi connectivity index (χ0n) is 14.9. The van der Waals surface area contributed by atoms with Gasteiger partial charge in [0.2, 0.25) is 16.9 Å². The van der Waals surface area contributed by atoms with Crippen molar-refractivity contribution in [3.8, 4) is 6.07 Å². The maximum atomic E-state index is 13.4. The molecule has 3 rings (SSSR count). The van der Waals surface area contributed by atoms with Crippen LogP contribution in [-0.4, -0.2) is 52.2 Å². The van der Waals surface area contributed by atoms with Gasteiger partial charge in [0.15, 0.2) is 0 Å².